The van der Waals surface area contributed by atoms with E-state index in [0.29, 0.717) is 6.61 Å². The largest absolute Gasteiger partial charge is 0.455 e. The number of rotatable bonds is 7. The van der Waals surface area contributed by atoms with Crippen LogP contribution in [-0.4, -0.2) is 55.8 Å². The molecular weight excluding hydrogens is 356 g/mol. The molecule has 5 nitrogen and oxygen atoms in total. The van der Waals surface area contributed by atoms with E-state index in [9.17, 15) is 4.79 Å². The zero-order valence-corrected chi connectivity index (χ0v) is 20.1. The molecule has 1 rings (SSSR count). The molecule has 0 aromatic carbocycles. The number of esters is 1. The summed E-state index contributed by atoms with van der Waals surface area (Å²) in [5, 5.41) is 0. The summed E-state index contributed by atoms with van der Waals surface area (Å²) in [4.78, 5) is 12.5. The van der Waals surface area contributed by atoms with Crippen LogP contribution >= 0.6 is 0 Å². The Morgan fingerprint density at radius 3 is 1.79 bits per heavy atom. The summed E-state index contributed by atoms with van der Waals surface area (Å²) in [5.74, 6) is -0.315. The van der Waals surface area contributed by atoms with Crippen LogP contribution in [0, 0.1) is 5.92 Å². The molecule has 0 N–H and O–H groups in total. The van der Waals surface area contributed by atoms with Crippen LogP contribution in [0.15, 0.2) is 0 Å². The molecule has 0 aliphatic carbocycles. The standard InChI is InChI=1S/C16H36O5Si3/c1-12-14(20-23(5,6)7)13(11-18-22(2,3)4)19-16(17)15(12)21-24(8,9)10/h12-15H,11H2,1-10H3/t12-,13+,14?,15?/m0/s1. The van der Waals surface area contributed by atoms with E-state index in [0.717, 1.165) is 0 Å². The Morgan fingerprint density at radius 2 is 1.38 bits per heavy atom. The minimum Gasteiger partial charge on any atom is -0.455 e. The zero-order valence-electron chi connectivity index (χ0n) is 17.1. The van der Waals surface area contributed by atoms with Crippen molar-refractivity contribution in [3.63, 3.8) is 0 Å². The van der Waals surface area contributed by atoms with Crippen molar-refractivity contribution in [2.45, 2.75) is 84.2 Å². The molecule has 0 aromatic rings. The number of carbonyl (C=O) groups is 1. The van der Waals surface area contributed by atoms with E-state index in [1.165, 1.54) is 0 Å². The summed E-state index contributed by atoms with van der Waals surface area (Å²) in [6.07, 6.45) is -1.07. The second-order valence-electron chi connectivity index (χ2n) is 9.60. The highest BCUT2D eigenvalue weighted by Crippen LogP contribution is 2.31. The second-order valence-corrected chi connectivity index (χ2v) is 23.0. The van der Waals surface area contributed by atoms with Crippen molar-refractivity contribution in [3.8, 4) is 0 Å². The zero-order chi connectivity index (χ0) is 18.9. The van der Waals surface area contributed by atoms with Gasteiger partial charge in [-0.05, 0) is 58.9 Å². The number of hydrogen-bond acceptors (Lipinski definition) is 5. The maximum atomic E-state index is 12.5. The third-order valence-electron chi connectivity index (χ3n) is 3.51. The highest BCUT2D eigenvalue weighted by Gasteiger charge is 2.48. The summed E-state index contributed by atoms with van der Waals surface area (Å²) >= 11 is 0. The molecule has 0 bridgehead atoms. The Hall–Kier alpha value is 0.000649. The van der Waals surface area contributed by atoms with Gasteiger partial charge in [0, 0.05) is 5.92 Å². The summed E-state index contributed by atoms with van der Waals surface area (Å²) in [6.45, 7) is 21.6. The van der Waals surface area contributed by atoms with Crippen molar-refractivity contribution >= 4 is 30.9 Å². The average Bonchev–Trinajstić information content (AvgIpc) is 2.32. The first kappa shape index (κ1) is 22.0. The first-order chi connectivity index (χ1) is 10.6. The number of hydrogen-bond donors (Lipinski definition) is 0. The van der Waals surface area contributed by atoms with Crippen molar-refractivity contribution < 1.29 is 22.8 Å². The van der Waals surface area contributed by atoms with Crippen molar-refractivity contribution in [1.29, 1.82) is 0 Å². The molecule has 1 saturated heterocycles. The van der Waals surface area contributed by atoms with Crippen LogP contribution in [-0.2, 0) is 22.8 Å². The van der Waals surface area contributed by atoms with E-state index in [1.807, 2.05) is 6.92 Å². The van der Waals surface area contributed by atoms with Gasteiger partial charge in [0.05, 0.1) is 12.7 Å². The van der Waals surface area contributed by atoms with Crippen molar-refractivity contribution in [2.24, 2.45) is 5.92 Å². The lowest BCUT2D eigenvalue weighted by atomic mass is 9.91. The van der Waals surface area contributed by atoms with Gasteiger partial charge in [-0.25, -0.2) is 4.79 Å². The fourth-order valence-electron chi connectivity index (χ4n) is 2.60. The van der Waals surface area contributed by atoms with Crippen LogP contribution in [0.1, 0.15) is 6.92 Å². The molecule has 0 amide bonds. The van der Waals surface area contributed by atoms with E-state index in [4.69, 9.17) is 18.0 Å². The van der Waals surface area contributed by atoms with Gasteiger partial charge < -0.3 is 18.0 Å². The first-order valence-electron chi connectivity index (χ1n) is 8.79. The molecule has 24 heavy (non-hydrogen) atoms. The molecule has 1 aliphatic rings. The molecule has 8 heteroatoms. The molecule has 2 unspecified atom stereocenters. The monoisotopic (exact) mass is 392 g/mol. The fraction of sp³-hybridized carbons (Fsp3) is 0.938. The summed E-state index contributed by atoms with van der Waals surface area (Å²) in [7, 11) is -5.34. The number of carbonyl (C=O) groups excluding carboxylic acids is 1. The molecule has 4 atom stereocenters. The summed E-state index contributed by atoms with van der Waals surface area (Å²) in [5.41, 5.74) is 0. The third-order valence-corrected chi connectivity index (χ3v) is 6.49. The smallest absolute Gasteiger partial charge is 0.334 e. The van der Waals surface area contributed by atoms with Gasteiger partial charge in [-0.3, -0.25) is 0 Å². The van der Waals surface area contributed by atoms with Gasteiger partial charge in [0.2, 0.25) is 0 Å². The molecule has 142 valence electrons. The van der Waals surface area contributed by atoms with Crippen LogP contribution < -0.4 is 0 Å². The van der Waals surface area contributed by atoms with Crippen LogP contribution in [0.2, 0.25) is 58.9 Å². The van der Waals surface area contributed by atoms with E-state index in [2.05, 4.69) is 58.9 Å². The lowest BCUT2D eigenvalue weighted by Gasteiger charge is -2.44. The minimum absolute atomic E-state index is 0.0417. The van der Waals surface area contributed by atoms with Gasteiger partial charge in [0.1, 0.15) is 12.2 Å². The van der Waals surface area contributed by atoms with Crippen LogP contribution in [0.25, 0.3) is 0 Å². The molecule has 0 saturated carbocycles. The van der Waals surface area contributed by atoms with Gasteiger partial charge in [-0.1, -0.05) is 6.92 Å². The molecule has 1 fully saturated rings. The van der Waals surface area contributed by atoms with Gasteiger partial charge in [-0.15, -0.1) is 0 Å². The van der Waals surface area contributed by atoms with E-state index in [1.54, 1.807) is 0 Å². The van der Waals surface area contributed by atoms with Crippen molar-refractivity contribution in [3.05, 3.63) is 0 Å². The molecule has 0 radical (unpaired) electrons. The van der Waals surface area contributed by atoms with E-state index >= 15 is 0 Å². The lowest BCUT2D eigenvalue weighted by molar-refractivity contribution is -0.188. The minimum atomic E-state index is -1.86. The van der Waals surface area contributed by atoms with Gasteiger partial charge >= 0.3 is 5.97 Å². The van der Waals surface area contributed by atoms with Gasteiger partial charge in [-0.2, -0.15) is 0 Å². The van der Waals surface area contributed by atoms with Crippen molar-refractivity contribution in [2.75, 3.05) is 6.61 Å². The van der Waals surface area contributed by atoms with E-state index < -0.39 is 31.1 Å². The van der Waals surface area contributed by atoms with Crippen molar-refractivity contribution in [1.82, 2.24) is 0 Å². The first-order valence-corrected chi connectivity index (χ1v) is 19.0. The average molecular weight is 393 g/mol. The van der Waals surface area contributed by atoms with Crippen LogP contribution in [0.4, 0.5) is 0 Å². The normalized spacial score (nSPS) is 29.5. The Balaban J connectivity index is 2.98. The Kier molecular flexibility index (Phi) is 7.08. The Bertz CT molecular complexity index is 434. The molecule has 0 spiro atoms. The second kappa shape index (κ2) is 7.71. The molecular formula is C16H36O5Si3. The highest BCUT2D eigenvalue weighted by molar-refractivity contribution is 6.70. The Labute approximate surface area is 150 Å². The summed E-state index contributed by atoms with van der Waals surface area (Å²) in [6, 6.07) is 0. The van der Waals surface area contributed by atoms with E-state index in [-0.39, 0.29) is 24.1 Å². The fourth-order valence-corrected chi connectivity index (χ4v) is 5.52. The number of ether oxygens (including phenoxy) is 1. The molecule has 1 aliphatic heterocycles. The molecule has 0 aromatic heterocycles. The van der Waals surface area contributed by atoms with Gasteiger partial charge in [0.25, 0.3) is 0 Å². The lowest BCUT2D eigenvalue weighted by Crippen LogP contribution is -2.58. The number of cyclic esters (lactones) is 1. The third kappa shape index (κ3) is 7.49. The Morgan fingerprint density at radius 1 is 0.875 bits per heavy atom. The highest BCUT2D eigenvalue weighted by atomic mass is 28.4. The van der Waals surface area contributed by atoms with Crippen LogP contribution in [0.3, 0.4) is 0 Å². The van der Waals surface area contributed by atoms with Crippen LogP contribution in [0.5, 0.6) is 0 Å². The predicted molar refractivity (Wildman–Crippen MR) is 105 cm³/mol. The summed E-state index contributed by atoms with van der Waals surface area (Å²) < 4.78 is 24.2. The maximum Gasteiger partial charge on any atom is 0.334 e. The quantitative estimate of drug-likeness (QED) is 0.487. The SMILES string of the molecule is C[C@@H]1C(O[Si](C)(C)C)C(=O)O[C@H](CO[Si](C)(C)C)C1O[Si](C)(C)C. The maximum absolute atomic E-state index is 12.5. The topological polar surface area (TPSA) is 54.0 Å². The molecule has 1 heterocycles. The predicted octanol–water partition coefficient (Wildman–Crippen LogP) is 3.84. The van der Waals surface area contributed by atoms with Gasteiger partial charge in [0.15, 0.2) is 25.0 Å².